The predicted molar refractivity (Wildman–Crippen MR) is 91.9 cm³/mol. The highest BCUT2D eigenvalue weighted by molar-refractivity contribution is 5.51. The molecule has 21 heavy (non-hydrogen) atoms. The standard InChI is InChI=1S/C19H26N2/c1-5-16-9-11-17(12-10-16)21(4)18(13-20)19-14(2)7-6-8-15(19)3/h6-12,18H,5,13,20H2,1-4H3. The summed E-state index contributed by atoms with van der Waals surface area (Å²) in [5, 5.41) is 0. The molecule has 2 aromatic rings. The van der Waals surface area contributed by atoms with Crippen LogP contribution in [0.15, 0.2) is 42.5 Å². The van der Waals surface area contributed by atoms with Crippen molar-refractivity contribution in [1.82, 2.24) is 0 Å². The fourth-order valence-corrected chi connectivity index (χ4v) is 2.97. The van der Waals surface area contributed by atoms with E-state index in [2.05, 4.69) is 75.2 Å². The molecule has 0 aliphatic heterocycles. The first-order valence-corrected chi connectivity index (χ1v) is 7.66. The predicted octanol–water partition coefficient (Wildman–Crippen LogP) is 4.00. The van der Waals surface area contributed by atoms with Crippen molar-refractivity contribution in [2.75, 3.05) is 18.5 Å². The quantitative estimate of drug-likeness (QED) is 0.898. The van der Waals surface area contributed by atoms with Crippen LogP contribution < -0.4 is 10.6 Å². The molecule has 2 heteroatoms. The molecular weight excluding hydrogens is 256 g/mol. The summed E-state index contributed by atoms with van der Waals surface area (Å²) in [5.41, 5.74) is 12.6. The second-order valence-electron chi connectivity index (χ2n) is 5.69. The van der Waals surface area contributed by atoms with E-state index in [1.807, 2.05) is 0 Å². The van der Waals surface area contributed by atoms with Gasteiger partial charge in [-0.25, -0.2) is 0 Å². The van der Waals surface area contributed by atoms with Crippen LogP contribution in [0.5, 0.6) is 0 Å². The van der Waals surface area contributed by atoms with Gasteiger partial charge in [0, 0.05) is 19.3 Å². The summed E-state index contributed by atoms with van der Waals surface area (Å²) >= 11 is 0. The number of nitrogens with zero attached hydrogens (tertiary/aromatic N) is 1. The molecule has 0 fully saturated rings. The molecule has 2 N–H and O–H groups in total. The first-order chi connectivity index (χ1) is 10.1. The lowest BCUT2D eigenvalue weighted by atomic mass is 9.95. The van der Waals surface area contributed by atoms with Crippen LogP contribution in [0.4, 0.5) is 5.69 Å². The number of benzene rings is 2. The van der Waals surface area contributed by atoms with Gasteiger partial charge in [0.05, 0.1) is 6.04 Å². The largest absolute Gasteiger partial charge is 0.366 e. The fraction of sp³-hybridized carbons (Fsp3) is 0.368. The summed E-state index contributed by atoms with van der Waals surface area (Å²) in [7, 11) is 2.13. The van der Waals surface area contributed by atoms with Crippen LogP contribution in [-0.2, 0) is 6.42 Å². The highest BCUT2D eigenvalue weighted by Crippen LogP contribution is 2.29. The van der Waals surface area contributed by atoms with Crippen molar-refractivity contribution in [2.24, 2.45) is 5.73 Å². The highest BCUT2D eigenvalue weighted by atomic mass is 15.1. The first-order valence-electron chi connectivity index (χ1n) is 7.66. The van der Waals surface area contributed by atoms with E-state index in [4.69, 9.17) is 5.73 Å². The van der Waals surface area contributed by atoms with Gasteiger partial charge in [-0.05, 0) is 54.7 Å². The zero-order chi connectivity index (χ0) is 15.4. The van der Waals surface area contributed by atoms with Gasteiger partial charge in [0.2, 0.25) is 0 Å². The van der Waals surface area contributed by atoms with Gasteiger partial charge in [-0.1, -0.05) is 37.3 Å². The lowest BCUT2D eigenvalue weighted by molar-refractivity contribution is 0.672. The number of hydrogen-bond donors (Lipinski definition) is 1. The van der Waals surface area contributed by atoms with Gasteiger partial charge in [-0.3, -0.25) is 0 Å². The van der Waals surface area contributed by atoms with Gasteiger partial charge in [0.15, 0.2) is 0 Å². The van der Waals surface area contributed by atoms with E-state index in [0.29, 0.717) is 6.54 Å². The molecule has 0 aromatic heterocycles. The second kappa shape index (κ2) is 6.77. The van der Waals surface area contributed by atoms with E-state index in [1.54, 1.807) is 0 Å². The van der Waals surface area contributed by atoms with Gasteiger partial charge in [0.25, 0.3) is 0 Å². The van der Waals surface area contributed by atoms with Crippen molar-refractivity contribution in [3.05, 3.63) is 64.7 Å². The van der Waals surface area contributed by atoms with Crippen LogP contribution in [0.1, 0.15) is 35.2 Å². The minimum absolute atomic E-state index is 0.207. The summed E-state index contributed by atoms with van der Waals surface area (Å²) in [6, 6.07) is 15.4. The normalized spacial score (nSPS) is 12.2. The zero-order valence-electron chi connectivity index (χ0n) is 13.6. The minimum atomic E-state index is 0.207. The van der Waals surface area contributed by atoms with Crippen molar-refractivity contribution in [2.45, 2.75) is 33.2 Å². The highest BCUT2D eigenvalue weighted by Gasteiger charge is 2.19. The summed E-state index contributed by atoms with van der Waals surface area (Å²) in [6.45, 7) is 7.12. The zero-order valence-corrected chi connectivity index (χ0v) is 13.6. The van der Waals surface area contributed by atoms with E-state index in [1.165, 1.54) is 27.9 Å². The van der Waals surface area contributed by atoms with E-state index in [9.17, 15) is 0 Å². The maximum Gasteiger partial charge on any atom is 0.0666 e. The second-order valence-corrected chi connectivity index (χ2v) is 5.69. The summed E-state index contributed by atoms with van der Waals surface area (Å²) in [5.74, 6) is 0. The summed E-state index contributed by atoms with van der Waals surface area (Å²) in [4.78, 5) is 2.29. The molecular formula is C19H26N2. The Labute approximate surface area is 128 Å². The molecule has 1 atom stereocenters. The Balaban J connectivity index is 2.35. The Kier molecular flexibility index (Phi) is 5.03. The maximum absolute atomic E-state index is 6.10. The van der Waals surface area contributed by atoms with Crippen LogP contribution in [0, 0.1) is 13.8 Å². The molecule has 0 amide bonds. The first kappa shape index (κ1) is 15.6. The van der Waals surface area contributed by atoms with Crippen molar-refractivity contribution in [3.8, 4) is 0 Å². The molecule has 2 rings (SSSR count). The van der Waals surface area contributed by atoms with Crippen LogP contribution in [0.25, 0.3) is 0 Å². The van der Waals surface area contributed by atoms with E-state index < -0.39 is 0 Å². The Bertz CT molecular complexity index is 567. The Morgan fingerprint density at radius 1 is 1.00 bits per heavy atom. The van der Waals surface area contributed by atoms with Crippen LogP contribution in [0.2, 0.25) is 0 Å². The smallest absolute Gasteiger partial charge is 0.0666 e. The minimum Gasteiger partial charge on any atom is -0.366 e. The lowest BCUT2D eigenvalue weighted by Crippen LogP contribution is -2.31. The number of rotatable bonds is 5. The van der Waals surface area contributed by atoms with Crippen molar-refractivity contribution < 1.29 is 0 Å². The number of hydrogen-bond acceptors (Lipinski definition) is 2. The molecule has 0 bridgehead atoms. The van der Waals surface area contributed by atoms with Crippen LogP contribution in [-0.4, -0.2) is 13.6 Å². The topological polar surface area (TPSA) is 29.3 Å². The molecule has 0 radical (unpaired) electrons. The molecule has 0 aliphatic carbocycles. The number of aryl methyl sites for hydroxylation is 3. The van der Waals surface area contributed by atoms with Gasteiger partial charge in [0.1, 0.15) is 0 Å². The van der Waals surface area contributed by atoms with Crippen LogP contribution >= 0.6 is 0 Å². The fourth-order valence-electron chi connectivity index (χ4n) is 2.97. The van der Waals surface area contributed by atoms with Crippen molar-refractivity contribution in [3.63, 3.8) is 0 Å². The van der Waals surface area contributed by atoms with Gasteiger partial charge in [-0.15, -0.1) is 0 Å². The van der Waals surface area contributed by atoms with E-state index >= 15 is 0 Å². The molecule has 0 saturated heterocycles. The third-order valence-electron chi connectivity index (χ3n) is 4.32. The Morgan fingerprint density at radius 3 is 2.05 bits per heavy atom. The van der Waals surface area contributed by atoms with Gasteiger partial charge in [-0.2, -0.15) is 0 Å². The van der Waals surface area contributed by atoms with Crippen molar-refractivity contribution in [1.29, 1.82) is 0 Å². The third-order valence-corrected chi connectivity index (χ3v) is 4.32. The molecule has 0 saturated carbocycles. The molecule has 2 aromatic carbocycles. The maximum atomic E-state index is 6.10. The monoisotopic (exact) mass is 282 g/mol. The Morgan fingerprint density at radius 2 is 1.57 bits per heavy atom. The molecule has 1 unspecified atom stereocenters. The van der Waals surface area contributed by atoms with Gasteiger partial charge < -0.3 is 10.6 Å². The third kappa shape index (κ3) is 3.27. The molecule has 0 heterocycles. The number of likely N-dealkylation sites (N-methyl/N-ethyl adjacent to an activating group) is 1. The average molecular weight is 282 g/mol. The molecule has 0 spiro atoms. The van der Waals surface area contributed by atoms with E-state index in [-0.39, 0.29) is 6.04 Å². The number of nitrogens with two attached hydrogens (primary N) is 1. The SMILES string of the molecule is CCc1ccc(N(C)C(CN)c2c(C)cccc2C)cc1. The summed E-state index contributed by atoms with van der Waals surface area (Å²) < 4.78 is 0. The van der Waals surface area contributed by atoms with Crippen LogP contribution in [0.3, 0.4) is 0 Å². The van der Waals surface area contributed by atoms with Crippen molar-refractivity contribution >= 4 is 5.69 Å². The molecule has 0 aliphatic rings. The Hall–Kier alpha value is -1.80. The molecule has 2 nitrogen and oxygen atoms in total. The average Bonchev–Trinajstić information content (AvgIpc) is 2.50. The summed E-state index contributed by atoms with van der Waals surface area (Å²) in [6.07, 6.45) is 1.07. The van der Waals surface area contributed by atoms with E-state index in [0.717, 1.165) is 6.42 Å². The number of anilines is 1. The lowest BCUT2D eigenvalue weighted by Gasteiger charge is -2.32. The molecule has 112 valence electrons. The van der Waals surface area contributed by atoms with Gasteiger partial charge >= 0.3 is 0 Å².